The van der Waals surface area contributed by atoms with Crippen molar-refractivity contribution < 1.29 is 0 Å². The van der Waals surface area contributed by atoms with Crippen LogP contribution in [0, 0.1) is 0 Å². The van der Waals surface area contributed by atoms with Crippen LogP contribution in [0.1, 0.15) is 50.4 Å². The van der Waals surface area contributed by atoms with Crippen LogP contribution in [0.15, 0.2) is 17.5 Å². The first-order valence-corrected chi connectivity index (χ1v) is 8.09. The van der Waals surface area contributed by atoms with Gasteiger partial charge in [0.25, 0.3) is 0 Å². The highest BCUT2D eigenvalue weighted by Crippen LogP contribution is 2.30. The van der Waals surface area contributed by atoms with Crippen molar-refractivity contribution in [1.29, 1.82) is 0 Å². The van der Waals surface area contributed by atoms with Gasteiger partial charge in [0.2, 0.25) is 0 Å². The predicted molar refractivity (Wildman–Crippen MR) is 80.2 cm³/mol. The lowest BCUT2D eigenvalue weighted by molar-refractivity contribution is 0.137. The van der Waals surface area contributed by atoms with Crippen LogP contribution in [-0.4, -0.2) is 30.6 Å². The molecule has 0 aromatic carbocycles. The maximum Gasteiger partial charge on any atom is 0.0413 e. The smallest absolute Gasteiger partial charge is 0.0413 e. The minimum absolute atomic E-state index is 0.561. The van der Waals surface area contributed by atoms with Crippen molar-refractivity contribution >= 4 is 11.3 Å². The zero-order chi connectivity index (χ0) is 13.0. The number of thiophene rings is 1. The minimum atomic E-state index is 0.561. The zero-order valence-electron chi connectivity index (χ0n) is 11.9. The van der Waals surface area contributed by atoms with Gasteiger partial charge in [-0.05, 0) is 57.6 Å². The standard InChI is InChI=1S/C15H26N2S/c1-4-16-13-7-9-14(10-8-13)17(3)12(2)15-6-5-11-18-15/h5-6,11-14,16H,4,7-10H2,1-3H3. The lowest BCUT2D eigenvalue weighted by Crippen LogP contribution is -2.41. The molecule has 1 aliphatic rings. The van der Waals surface area contributed by atoms with Gasteiger partial charge >= 0.3 is 0 Å². The van der Waals surface area contributed by atoms with Gasteiger partial charge < -0.3 is 5.32 Å². The second-order valence-electron chi connectivity index (χ2n) is 5.42. The van der Waals surface area contributed by atoms with Crippen LogP contribution >= 0.6 is 11.3 Å². The summed E-state index contributed by atoms with van der Waals surface area (Å²) >= 11 is 1.88. The summed E-state index contributed by atoms with van der Waals surface area (Å²) < 4.78 is 0. The van der Waals surface area contributed by atoms with Crippen LogP contribution in [0.5, 0.6) is 0 Å². The Balaban J connectivity index is 1.85. The fourth-order valence-electron chi connectivity index (χ4n) is 3.02. The molecule has 0 saturated heterocycles. The summed E-state index contributed by atoms with van der Waals surface area (Å²) in [5.41, 5.74) is 0. The van der Waals surface area contributed by atoms with Crippen molar-refractivity contribution in [3.63, 3.8) is 0 Å². The summed E-state index contributed by atoms with van der Waals surface area (Å²) in [7, 11) is 2.29. The summed E-state index contributed by atoms with van der Waals surface area (Å²) in [5, 5.41) is 5.77. The fraction of sp³-hybridized carbons (Fsp3) is 0.733. The third kappa shape index (κ3) is 3.34. The number of nitrogens with zero attached hydrogens (tertiary/aromatic N) is 1. The van der Waals surface area contributed by atoms with Gasteiger partial charge in [-0.2, -0.15) is 0 Å². The Morgan fingerprint density at radius 3 is 2.67 bits per heavy atom. The summed E-state index contributed by atoms with van der Waals surface area (Å²) in [4.78, 5) is 4.07. The molecule has 0 radical (unpaired) electrons. The maximum absolute atomic E-state index is 3.58. The van der Waals surface area contributed by atoms with Gasteiger partial charge in [0.15, 0.2) is 0 Å². The van der Waals surface area contributed by atoms with Crippen LogP contribution < -0.4 is 5.32 Å². The van der Waals surface area contributed by atoms with Crippen LogP contribution in [0.4, 0.5) is 0 Å². The third-order valence-corrected chi connectivity index (χ3v) is 5.37. The highest BCUT2D eigenvalue weighted by atomic mass is 32.1. The van der Waals surface area contributed by atoms with Crippen molar-refractivity contribution in [3.8, 4) is 0 Å². The van der Waals surface area contributed by atoms with Gasteiger partial charge in [0, 0.05) is 23.0 Å². The van der Waals surface area contributed by atoms with E-state index in [2.05, 4.69) is 48.6 Å². The molecule has 1 aromatic heterocycles. The number of hydrogen-bond acceptors (Lipinski definition) is 3. The number of hydrogen-bond donors (Lipinski definition) is 1. The highest BCUT2D eigenvalue weighted by molar-refractivity contribution is 7.10. The van der Waals surface area contributed by atoms with Gasteiger partial charge in [-0.25, -0.2) is 0 Å². The molecule has 2 nitrogen and oxygen atoms in total. The van der Waals surface area contributed by atoms with Crippen molar-refractivity contribution in [2.45, 2.75) is 57.7 Å². The molecule has 1 heterocycles. The van der Waals surface area contributed by atoms with E-state index >= 15 is 0 Å². The SMILES string of the molecule is CCNC1CCC(N(C)C(C)c2cccs2)CC1. The van der Waals surface area contributed by atoms with E-state index in [4.69, 9.17) is 0 Å². The lowest BCUT2D eigenvalue weighted by Gasteiger charge is -2.37. The monoisotopic (exact) mass is 266 g/mol. The Morgan fingerprint density at radius 1 is 1.39 bits per heavy atom. The van der Waals surface area contributed by atoms with Crippen LogP contribution in [-0.2, 0) is 0 Å². The van der Waals surface area contributed by atoms with E-state index in [9.17, 15) is 0 Å². The Kier molecular flexibility index (Phi) is 5.22. The Labute approximate surface area is 115 Å². The topological polar surface area (TPSA) is 15.3 Å². The molecule has 0 aliphatic heterocycles. The van der Waals surface area contributed by atoms with E-state index < -0.39 is 0 Å². The van der Waals surface area contributed by atoms with Gasteiger partial charge in [-0.15, -0.1) is 11.3 Å². The first kappa shape index (κ1) is 14.0. The van der Waals surface area contributed by atoms with E-state index in [0.29, 0.717) is 6.04 Å². The van der Waals surface area contributed by atoms with Gasteiger partial charge in [-0.3, -0.25) is 4.90 Å². The molecule has 2 rings (SSSR count). The largest absolute Gasteiger partial charge is 0.314 e. The predicted octanol–water partition coefficient (Wildman–Crippen LogP) is 3.66. The molecule has 1 N–H and O–H groups in total. The molecule has 1 unspecified atom stereocenters. The Morgan fingerprint density at radius 2 is 2.11 bits per heavy atom. The molecule has 3 heteroatoms. The Hall–Kier alpha value is -0.380. The molecule has 1 aromatic rings. The van der Waals surface area contributed by atoms with Crippen LogP contribution in [0.3, 0.4) is 0 Å². The fourth-order valence-corrected chi connectivity index (χ4v) is 3.86. The molecule has 1 atom stereocenters. The zero-order valence-corrected chi connectivity index (χ0v) is 12.7. The summed E-state index contributed by atoms with van der Waals surface area (Å²) in [6, 6.07) is 6.50. The first-order valence-electron chi connectivity index (χ1n) is 7.21. The van der Waals surface area contributed by atoms with Crippen molar-refractivity contribution in [3.05, 3.63) is 22.4 Å². The summed E-state index contributed by atoms with van der Waals surface area (Å²) in [5.74, 6) is 0. The van der Waals surface area contributed by atoms with Crippen molar-refractivity contribution in [1.82, 2.24) is 10.2 Å². The summed E-state index contributed by atoms with van der Waals surface area (Å²) in [6.45, 7) is 5.65. The van der Waals surface area contributed by atoms with E-state index in [1.54, 1.807) is 0 Å². The molecular weight excluding hydrogens is 240 g/mol. The number of rotatable bonds is 5. The molecule has 1 saturated carbocycles. The molecular formula is C15H26N2S. The van der Waals surface area contributed by atoms with Crippen molar-refractivity contribution in [2.75, 3.05) is 13.6 Å². The van der Waals surface area contributed by atoms with Crippen LogP contribution in [0.2, 0.25) is 0 Å². The molecule has 0 bridgehead atoms. The van der Waals surface area contributed by atoms with Gasteiger partial charge in [0.05, 0.1) is 0 Å². The van der Waals surface area contributed by atoms with Crippen molar-refractivity contribution in [2.24, 2.45) is 0 Å². The maximum atomic E-state index is 3.58. The average molecular weight is 266 g/mol. The van der Waals surface area contributed by atoms with E-state index in [1.807, 2.05) is 11.3 Å². The molecule has 0 amide bonds. The van der Waals surface area contributed by atoms with Gasteiger partial charge in [0.1, 0.15) is 0 Å². The van der Waals surface area contributed by atoms with E-state index in [-0.39, 0.29) is 0 Å². The highest BCUT2D eigenvalue weighted by Gasteiger charge is 2.26. The first-order chi connectivity index (χ1) is 8.72. The quantitative estimate of drug-likeness (QED) is 0.875. The van der Waals surface area contributed by atoms with E-state index in [1.165, 1.54) is 30.6 Å². The molecule has 102 valence electrons. The second kappa shape index (κ2) is 6.69. The second-order valence-corrected chi connectivity index (χ2v) is 6.40. The number of nitrogens with one attached hydrogen (secondary N) is 1. The summed E-state index contributed by atoms with van der Waals surface area (Å²) in [6.07, 6.45) is 5.34. The minimum Gasteiger partial charge on any atom is -0.314 e. The lowest BCUT2D eigenvalue weighted by atomic mass is 9.89. The molecule has 0 spiro atoms. The molecule has 1 aliphatic carbocycles. The van der Waals surface area contributed by atoms with E-state index in [0.717, 1.165) is 18.6 Å². The van der Waals surface area contributed by atoms with Gasteiger partial charge in [-0.1, -0.05) is 13.0 Å². The molecule has 1 fully saturated rings. The molecule has 18 heavy (non-hydrogen) atoms. The Bertz CT molecular complexity index is 328. The average Bonchev–Trinajstić information content (AvgIpc) is 2.92. The third-order valence-electron chi connectivity index (χ3n) is 4.33. The normalized spacial score (nSPS) is 26.4. The van der Waals surface area contributed by atoms with Crippen LogP contribution in [0.25, 0.3) is 0 Å².